The predicted molar refractivity (Wildman–Crippen MR) is 279 cm³/mol. The number of fused-ring (bicyclic) bond motifs is 10. The first-order valence-corrected chi connectivity index (χ1v) is 23.2. The zero-order chi connectivity index (χ0) is 43.3. The molecule has 0 bridgehead atoms. The molecule has 11 aromatic carbocycles. The lowest BCUT2D eigenvalue weighted by Gasteiger charge is -2.20. The van der Waals surface area contributed by atoms with Gasteiger partial charge in [-0.15, -0.1) is 11.3 Å². The molecule has 3 heterocycles. The number of thiophene rings is 1. The molecule has 0 aliphatic carbocycles. The lowest BCUT2D eigenvalue weighted by molar-refractivity contribution is 1.08. The van der Waals surface area contributed by atoms with Crippen molar-refractivity contribution in [3.63, 3.8) is 0 Å². The van der Waals surface area contributed by atoms with Gasteiger partial charge < -0.3 is 4.57 Å². The van der Waals surface area contributed by atoms with Gasteiger partial charge in [0, 0.05) is 58.6 Å². The first-order valence-electron chi connectivity index (χ1n) is 22.3. The molecule has 14 rings (SSSR count). The Labute approximate surface area is 383 Å². The van der Waals surface area contributed by atoms with Gasteiger partial charge in [-0.3, -0.25) is 0 Å². The molecule has 306 valence electrons. The van der Waals surface area contributed by atoms with Crippen molar-refractivity contribution < 1.29 is 0 Å². The third-order valence-electron chi connectivity index (χ3n) is 13.4. The molecule has 0 aliphatic rings. The number of hydrogen-bond donors (Lipinski definition) is 0. The van der Waals surface area contributed by atoms with E-state index < -0.39 is 0 Å². The highest BCUT2D eigenvalue weighted by molar-refractivity contribution is 7.26. The van der Waals surface area contributed by atoms with E-state index in [9.17, 15) is 0 Å². The zero-order valence-electron chi connectivity index (χ0n) is 35.5. The topological polar surface area (TPSA) is 43.6 Å². The summed E-state index contributed by atoms with van der Waals surface area (Å²) in [4.78, 5) is 16.2. The van der Waals surface area contributed by atoms with E-state index in [2.05, 4.69) is 205 Å². The lowest BCUT2D eigenvalue weighted by atomic mass is 9.92. The second-order valence-electron chi connectivity index (χ2n) is 17.1. The van der Waals surface area contributed by atoms with Crippen molar-refractivity contribution in [1.29, 1.82) is 0 Å². The number of aromatic nitrogens is 4. The molecule has 0 atom stereocenters. The molecule has 0 radical (unpaired) electrons. The minimum Gasteiger partial charge on any atom is -0.308 e. The second kappa shape index (κ2) is 14.5. The summed E-state index contributed by atoms with van der Waals surface area (Å²) in [6, 6.07) is 78.9. The maximum Gasteiger partial charge on any atom is 0.165 e. The van der Waals surface area contributed by atoms with Gasteiger partial charge in [-0.1, -0.05) is 170 Å². The van der Waals surface area contributed by atoms with Crippen molar-refractivity contribution in [3.05, 3.63) is 218 Å². The summed E-state index contributed by atoms with van der Waals surface area (Å²) >= 11 is 1.79. The molecule has 0 unspecified atom stereocenters. The van der Waals surface area contributed by atoms with Crippen LogP contribution in [0.4, 0.5) is 0 Å². The Hall–Kier alpha value is -8.51. The number of nitrogens with zero attached hydrogens (tertiary/aromatic N) is 4. The van der Waals surface area contributed by atoms with Crippen molar-refractivity contribution in [2.24, 2.45) is 0 Å². The van der Waals surface area contributed by atoms with Crippen molar-refractivity contribution in [2.75, 3.05) is 0 Å². The van der Waals surface area contributed by atoms with Gasteiger partial charge in [-0.25, -0.2) is 15.0 Å². The van der Waals surface area contributed by atoms with Crippen molar-refractivity contribution in [3.8, 4) is 51.0 Å². The van der Waals surface area contributed by atoms with Gasteiger partial charge in [0.25, 0.3) is 0 Å². The molecule has 66 heavy (non-hydrogen) atoms. The largest absolute Gasteiger partial charge is 0.308 e. The molecule has 5 heteroatoms. The fourth-order valence-corrected chi connectivity index (χ4v) is 11.5. The highest BCUT2D eigenvalue weighted by atomic mass is 32.1. The van der Waals surface area contributed by atoms with E-state index in [0.29, 0.717) is 17.5 Å². The summed E-state index contributed by atoms with van der Waals surface area (Å²) in [5, 5.41) is 14.3. The number of hydrogen-bond acceptors (Lipinski definition) is 4. The molecule has 4 nitrogen and oxygen atoms in total. The number of rotatable bonds is 5. The lowest BCUT2D eigenvalue weighted by Crippen LogP contribution is -2.03. The molecule has 0 amide bonds. The van der Waals surface area contributed by atoms with Crippen LogP contribution in [0.5, 0.6) is 0 Å². The van der Waals surface area contributed by atoms with E-state index in [4.69, 9.17) is 15.0 Å². The zero-order valence-corrected chi connectivity index (χ0v) is 36.3. The van der Waals surface area contributed by atoms with Crippen LogP contribution in [0, 0.1) is 0 Å². The van der Waals surface area contributed by atoms with Crippen LogP contribution in [0.3, 0.4) is 0 Å². The van der Waals surface area contributed by atoms with Gasteiger partial charge in [0.1, 0.15) is 0 Å². The highest BCUT2D eigenvalue weighted by Crippen LogP contribution is 2.46. The minimum absolute atomic E-state index is 0.626. The van der Waals surface area contributed by atoms with E-state index in [-0.39, 0.29) is 0 Å². The third kappa shape index (κ3) is 5.74. The van der Waals surface area contributed by atoms with E-state index in [1.165, 1.54) is 63.3 Å². The fourth-order valence-electron chi connectivity index (χ4n) is 10.2. The Morgan fingerprint density at radius 2 is 0.833 bits per heavy atom. The summed E-state index contributed by atoms with van der Waals surface area (Å²) in [5.74, 6) is 1.91. The molecule has 0 N–H and O–H groups in total. The summed E-state index contributed by atoms with van der Waals surface area (Å²) in [6.07, 6.45) is 0. The maximum atomic E-state index is 5.49. The normalized spacial score (nSPS) is 11.9. The standard InChI is InChI=1S/C61H36N4S/c1-2-16-38(17-3-1)59-62-60(49-27-14-26-48-46-24-12-13-28-56(46)66-58(48)49)64-61(63-59)53-36-50(44-30-29-37-15-4-5-18-39(37)31-44)57(47-25-11-10-23-45(47)53)65-54-34-42-21-8-6-19-40(42)32-51(54)52-33-41-20-7-9-22-43(41)35-55(52)65/h1-36H. The molecule has 0 saturated heterocycles. The molecule has 0 aliphatic heterocycles. The summed E-state index contributed by atoms with van der Waals surface area (Å²) in [6.45, 7) is 0. The quantitative estimate of drug-likeness (QED) is 0.173. The summed E-state index contributed by atoms with van der Waals surface area (Å²) in [5.41, 5.74) is 8.50. The van der Waals surface area contributed by atoms with Crippen LogP contribution < -0.4 is 0 Å². The van der Waals surface area contributed by atoms with Gasteiger partial charge in [-0.05, 0) is 91.8 Å². The van der Waals surface area contributed by atoms with Gasteiger partial charge in [0.2, 0.25) is 0 Å². The molecular weight excluding hydrogens is 821 g/mol. The smallest absolute Gasteiger partial charge is 0.165 e. The van der Waals surface area contributed by atoms with Crippen LogP contribution in [0.2, 0.25) is 0 Å². The van der Waals surface area contributed by atoms with Gasteiger partial charge in [0.15, 0.2) is 17.5 Å². The Morgan fingerprint density at radius 1 is 0.303 bits per heavy atom. The van der Waals surface area contributed by atoms with E-state index in [1.54, 1.807) is 11.3 Å². The first-order chi connectivity index (χ1) is 32.7. The molecule has 0 saturated carbocycles. The van der Waals surface area contributed by atoms with Crippen LogP contribution in [0.1, 0.15) is 0 Å². The van der Waals surface area contributed by atoms with Crippen LogP contribution in [0.25, 0.3) is 136 Å². The monoisotopic (exact) mass is 856 g/mol. The molecule has 3 aromatic heterocycles. The second-order valence-corrected chi connectivity index (χ2v) is 18.2. The highest BCUT2D eigenvalue weighted by Gasteiger charge is 2.24. The summed E-state index contributed by atoms with van der Waals surface area (Å²) in [7, 11) is 0. The van der Waals surface area contributed by atoms with Crippen LogP contribution in [-0.4, -0.2) is 19.5 Å². The van der Waals surface area contributed by atoms with Crippen LogP contribution >= 0.6 is 11.3 Å². The van der Waals surface area contributed by atoms with Crippen LogP contribution in [0.15, 0.2) is 218 Å². The molecule has 0 spiro atoms. The van der Waals surface area contributed by atoms with Crippen LogP contribution in [-0.2, 0) is 0 Å². The van der Waals surface area contributed by atoms with Crippen molar-refractivity contribution in [2.45, 2.75) is 0 Å². The number of benzene rings is 11. The molecule has 14 aromatic rings. The Bertz CT molecular complexity index is 4200. The molecule has 0 fully saturated rings. The third-order valence-corrected chi connectivity index (χ3v) is 14.6. The van der Waals surface area contributed by atoms with Gasteiger partial charge >= 0.3 is 0 Å². The first kappa shape index (κ1) is 36.9. The Kier molecular flexibility index (Phi) is 8.12. The van der Waals surface area contributed by atoms with E-state index >= 15 is 0 Å². The average Bonchev–Trinajstić information content (AvgIpc) is 3.91. The molecular formula is C61H36N4S. The van der Waals surface area contributed by atoms with Gasteiger partial charge in [-0.2, -0.15) is 0 Å². The van der Waals surface area contributed by atoms with Gasteiger partial charge in [0.05, 0.1) is 16.7 Å². The average molecular weight is 857 g/mol. The maximum absolute atomic E-state index is 5.49. The Morgan fingerprint density at radius 3 is 1.53 bits per heavy atom. The minimum atomic E-state index is 0.626. The Balaban J connectivity index is 1.12. The predicted octanol–water partition coefficient (Wildman–Crippen LogP) is 16.6. The van der Waals surface area contributed by atoms with E-state index in [0.717, 1.165) is 55.3 Å². The van der Waals surface area contributed by atoms with Crippen molar-refractivity contribution >= 4 is 96.4 Å². The SMILES string of the molecule is c1ccc(-c2nc(-c3cc(-c4ccc5ccccc5c4)c(-n4c5cc6ccccc6cc5c5cc6ccccc6cc54)c4ccccc34)nc(-c3cccc4c3sc3ccccc34)n2)cc1. The fraction of sp³-hybridized carbons (Fsp3) is 0. The summed E-state index contributed by atoms with van der Waals surface area (Å²) < 4.78 is 4.93. The van der Waals surface area contributed by atoms with E-state index in [1.807, 2.05) is 18.2 Å². The van der Waals surface area contributed by atoms with Crippen molar-refractivity contribution in [1.82, 2.24) is 19.5 Å².